The van der Waals surface area contributed by atoms with E-state index in [4.69, 9.17) is 5.26 Å². The van der Waals surface area contributed by atoms with Gasteiger partial charge in [0.1, 0.15) is 0 Å². The van der Waals surface area contributed by atoms with E-state index in [2.05, 4.69) is 11.1 Å². The Hall–Kier alpha value is -0.500. The van der Waals surface area contributed by atoms with E-state index in [1.54, 1.807) is 0 Å². The van der Waals surface area contributed by atoms with Crippen LogP contribution in [0.25, 0.3) is 5.32 Å². The molecule has 0 saturated carbocycles. The van der Waals surface area contributed by atoms with Crippen molar-refractivity contribution in [2.45, 2.75) is 0 Å². The molecule has 5 heteroatoms. The number of rotatable bonds is 0. The zero-order valence-electron chi connectivity index (χ0n) is 3.18. The van der Waals surface area contributed by atoms with Crippen molar-refractivity contribution >= 4 is 6.03 Å². The van der Waals surface area contributed by atoms with Gasteiger partial charge in [0.05, 0.1) is 0 Å². The van der Waals surface area contributed by atoms with Gasteiger partial charge in [-0.2, -0.15) is 0 Å². The Morgan fingerprint density at radius 1 is 1.86 bits per heavy atom. The summed E-state index contributed by atoms with van der Waals surface area (Å²) in [6.07, 6.45) is 1.22. The van der Waals surface area contributed by atoms with Crippen molar-refractivity contribution in [2.75, 3.05) is 0 Å². The van der Waals surface area contributed by atoms with E-state index in [1.807, 2.05) is 0 Å². The molecule has 2 amide bonds. The third-order valence-corrected chi connectivity index (χ3v) is 0.160. The molecule has 0 aromatic carbocycles. The molecular weight excluding hydrogens is 190 g/mol. The number of urea groups is 1. The fourth-order valence-electron chi connectivity index (χ4n) is 0.0493. The van der Waals surface area contributed by atoms with Crippen LogP contribution in [-0.2, 0) is 22.4 Å². The Morgan fingerprint density at radius 3 is 2.29 bits per heavy atom. The van der Waals surface area contributed by atoms with E-state index in [9.17, 15) is 4.79 Å². The SMILES string of the molecule is N#C[N-]C(N)=O.[Ag+]. The van der Waals surface area contributed by atoms with Crippen molar-refractivity contribution < 1.29 is 27.2 Å². The maximum Gasteiger partial charge on any atom is 1.00 e. The summed E-state index contributed by atoms with van der Waals surface area (Å²) < 4.78 is 0. The van der Waals surface area contributed by atoms with E-state index in [0.717, 1.165) is 0 Å². The molecule has 4 nitrogen and oxygen atoms in total. The summed E-state index contributed by atoms with van der Waals surface area (Å²) in [5.74, 6) is 0. The quantitative estimate of drug-likeness (QED) is 0.430. The summed E-state index contributed by atoms with van der Waals surface area (Å²) in [5, 5.41) is 10.1. The van der Waals surface area contributed by atoms with E-state index in [1.165, 1.54) is 6.19 Å². The molecule has 0 aliphatic carbocycles. The standard InChI is InChI=1S/C2H3N3O.Ag/c3-1-5-2(4)6;/h(H3,4,5,6);/q;+1/p-1. The molecule has 42 valence electrons. The molecule has 0 aliphatic rings. The molecule has 0 fully saturated rings. The molecule has 0 heterocycles. The van der Waals surface area contributed by atoms with Gasteiger partial charge in [-0.3, -0.25) is 10.1 Å². The minimum atomic E-state index is -0.947. The average molecular weight is 192 g/mol. The van der Waals surface area contributed by atoms with Gasteiger partial charge in [-0.15, -0.1) is 0 Å². The number of nitrogens with two attached hydrogens (primary N) is 1. The minimum Gasteiger partial charge on any atom is -0.422 e. The maximum atomic E-state index is 9.43. The van der Waals surface area contributed by atoms with Crippen LogP contribution >= 0.6 is 0 Å². The Bertz CT molecular complexity index is 95.6. The van der Waals surface area contributed by atoms with Crippen molar-refractivity contribution in [1.82, 2.24) is 0 Å². The Morgan fingerprint density at radius 2 is 2.29 bits per heavy atom. The number of primary amides is 1. The van der Waals surface area contributed by atoms with E-state index in [-0.39, 0.29) is 22.4 Å². The van der Waals surface area contributed by atoms with Crippen LogP contribution in [0.15, 0.2) is 0 Å². The molecule has 2 N–H and O–H groups in total. The molecule has 0 aliphatic heterocycles. The summed E-state index contributed by atoms with van der Waals surface area (Å²) in [4.78, 5) is 9.43. The molecule has 0 atom stereocenters. The third kappa shape index (κ3) is 10.8. The zero-order valence-corrected chi connectivity index (χ0v) is 4.66. The first-order chi connectivity index (χ1) is 2.77. The number of hydrogen-bond donors (Lipinski definition) is 1. The van der Waals surface area contributed by atoms with Crippen LogP contribution in [0, 0.1) is 11.5 Å². The van der Waals surface area contributed by atoms with Crippen LogP contribution < -0.4 is 5.73 Å². The number of nitrogens with zero attached hydrogens (tertiary/aromatic N) is 2. The maximum absolute atomic E-state index is 9.43. The normalized spacial score (nSPS) is 5.00. The fourth-order valence-corrected chi connectivity index (χ4v) is 0.0493. The van der Waals surface area contributed by atoms with Gasteiger partial charge in [-0.1, -0.05) is 0 Å². The Labute approximate surface area is 56.2 Å². The van der Waals surface area contributed by atoms with Crippen molar-refractivity contribution in [3.8, 4) is 6.19 Å². The topological polar surface area (TPSA) is 81.0 Å². The van der Waals surface area contributed by atoms with Gasteiger partial charge in [-0.05, 0) is 0 Å². The first-order valence-electron chi connectivity index (χ1n) is 1.16. The fraction of sp³-hybridized carbons (Fsp3) is 0. The van der Waals surface area contributed by atoms with Gasteiger partial charge in [0.2, 0.25) is 6.03 Å². The summed E-state index contributed by atoms with van der Waals surface area (Å²) >= 11 is 0. The van der Waals surface area contributed by atoms with Crippen LogP contribution in [0.5, 0.6) is 0 Å². The van der Waals surface area contributed by atoms with Gasteiger partial charge >= 0.3 is 22.4 Å². The predicted octanol–water partition coefficient (Wildman–Crippen LogP) is -0.0826. The number of carbonyl (C=O) groups is 1. The van der Waals surface area contributed by atoms with Crippen LogP contribution in [0.1, 0.15) is 0 Å². The van der Waals surface area contributed by atoms with Gasteiger partial charge in [-0.25, -0.2) is 0 Å². The minimum absolute atomic E-state index is 0. The number of hydrogen-bond acceptors (Lipinski definition) is 2. The Kier molecular flexibility index (Phi) is 7.63. The monoisotopic (exact) mass is 191 g/mol. The smallest absolute Gasteiger partial charge is 0.422 e. The van der Waals surface area contributed by atoms with E-state index in [0.29, 0.717) is 0 Å². The van der Waals surface area contributed by atoms with Gasteiger partial charge < -0.3 is 11.0 Å². The predicted molar refractivity (Wildman–Crippen MR) is 18.6 cm³/mol. The molecular formula is C2H2AgN3O. The number of nitriles is 1. The van der Waals surface area contributed by atoms with Gasteiger partial charge in [0.15, 0.2) is 0 Å². The summed E-state index contributed by atoms with van der Waals surface area (Å²) in [7, 11) is 0. The largest absolute Gasteiger partial charge is 1.00 e. The molecule has 0 rings (SSSR count). The summed E-state index contributed by atoms with van der Waals surface area (Å²) in [6.45, 7) is 0. The van der Waals surface area contributed by atoms with E-state index < -0.39 is 6.03 Å². The number of amides is 2. The molecule has 0 spiro atoms. The molecule has 0 unspecified atom stereocenters. The molecule has 0 radical (unpaired) electrons. The van der Waals surface area contributed by atoms with Crippen molar-refractivity contribution in [3.05, 3.63) is 5.32 Å². The van der Waals surface area contributed by atoms with Crippen molar-refractivity contribution in [3.63, 3.8) is 0 Å². The van der Waals surface area contributed by atoms with Crippen molar-refractivity contribution in [2.24, 2.45) is 5.73 Å². The first-order valence-corrected chi connectivity index (χ1v) is 1.16. The molecule has 0 bridgehead atoms. The van der Waals surface area contributed by atoms with Crippen LogP contribution in [0.4, 0.5) is 4.79 Å². The van der Waals surface area contributed by atoms with E-state index >= 15 is 0 Å². The van der Waals surface area contributed by atoms with Crippen molar-refractivity contribution in [1.29, 1.82) is 5.26 Å². The second-order valence-corrected chi connectivity index (χ2v) is 0.550. The van der Waals surface area contributed by atoms with Crippen LogP contribution in [-0.4, -0.2) is 6.03 Å². The van der Waals surface area contributed by atoms with Crippen LogP contribution in [0.2, 0.25) is 0 Å². The average Bonchev–Trinajstić information content (AvgIpc) is 1.35. The van der Waals surface area contributed by atoms with Gasteiger partial charge in [0.25, 0.3) is 0 Å². The summed E-state index contributed by atoms with van der Waals surface area (Å²) in [5.41, 5.74) is 4.37. The third-order valence-electron chi connectivity index (χ3n) is 0.160. The molecule has 7 heavy (non-hydrogen) atoms. The second-order valence-electron chi connectivity index (χ2n) is 0.550. The summed E-state index contributed by atoms with van der Waals surface area (Å²) in [6, 6.07) is -0.947. The number of carbonyl (C=O) groups excluding carboxylic acids is 1. The molecule has 0 aromatic heterocycles. The second kappa shape index (κ2) is 5.50. The molecule has 0 saturated heterocycles. The molecule has 0 aromatic rings. The zero-order chi connectivity index (χ0) is 4.99. The Balaban J connectivity index is 0. The van der Waals surface area contributed by atoms with Gasteiger partial charge in [0, 0.05) is 6.19 Å². The van der Waals surface area contributed by atoms with Crippen LogP contribution in [0.3, 0.4) is 0 Å². The first kappa shape index (κ1) is 9.71.